The summed E-state index contributed by atoms with van der Waals surface area (Å²) in [4.78, 5) is 21.5. The maximum absolute atomic E-state index is 12.1. The number of pyridine rings is 1. The molecule has 5 nitrogen and oxygen atoms in total. The molecule has 0 fully saturated rings. The highest BCUT2D eigenvalue weighted by Gasteiger charge is 2.25. The summed E-state index contributed by atoms with van der Waals surface area (Å²) in [5.74, 6) is 0.331. The second-order valence-corrected chi connectivity index (χ2v) is 3.28. The summed E-state index contributed by atoms with van der Waals surface area (Å²) in [6.07, 6.45) is 9.29. The molecule has 2 aliphatic heterocycles. The molecular formula is C11H7N3O2. The third kappa shape index (κ3) is 1.22. The van der Waals surface area contributed by atoms with Crippen molar-refractivity contribution < 1.29 is 9.53 Å². The van der Waals surface area contributed by atoms with Gasteiger partial charge in [-0.15, -0.1) is 0 Å². The average Bonchev–Trinajstić information content (AvgIpc) is 2.49. The van der Waals surface area contributed by atoms with E-state index in [4.69, 9.17) is 4.74 Å². The minimum Gasteiger partial charge on any atom is -0.462 e. The van der Waals surface area contributed by atoms with Gasteiger partial charge in [0.15, 0.2) is 0 Å². The Bertz CT molecular complexity index is 546. The van der Waals surface area contributed by atoms with E-state index in [0.29, 0.717) is 17.0 Å². The zero-order valence-corrected chi connectivity index (χ0v) is 8.20. The first-order valence-electron chi connectivity index (χ1n) is 4.70. The Labute approximate surface area is 91.4 Å². The average molecular weight is 213 g/mol. The SMILES string of the molecule is O=C1c2cnccc2OC=C2C=NC=CN12. The van der Waals surface area contributed by atoms with Gasteiger partial charge >= 0.3 is 0 Å². The van der Waals surface area contributed by atoms with Gasteiger partial charge in [0.2, 0.25) is 0 Å². The molecule has 0 aliphatic carbocycles. The molecule has 78 valence electrons. The zero-order chi connectivity index (χ0) is 11.0. The standard InChI is InChI=1S/C11H7N3O2/c15-11-9-6-12-2-1-10(9)16-7-8-5-13-3-4-14(8)11/h1-7H. The molecule has 3 rings (SSSR count). The van der Waals surface area contributed by atoms with Crippen molar-refractivity contribution >= 4 is 12.1 Å². The maximum atomic E-state index is 12.1. The number of carbonyl (C=O) groups excluding carboxylic acids is 1. The van der Waals surface area contributed by atoms with Gasteiger partial charge in [-0.25, -0.2) is 0 Å². The van der Waals surface area contributed by atoms with Gasteiger partial charge in [-0.2, -0.15) is 0 Å². The van der Waals surface area contributed by atoms with E-state index in [9.17, 15) is 4.79 Å². The summed E-state index contributed by atoms with van der Waals surface area (Å²) in [5, 5.41) is 0. The van der Waals surface area contributed by atoms with Crippen LogP contribution < -0.4 is 4.74 Å². The number of amides is 1. The number of rotatable bonds is 0. The molecule has 16 heavy (non-hydrogen) atoms. The van der Waals surface area contributed by atoms with Crippen LogP contribution in [-0.4, -0.2) is 22.0 Å². The molecule has 5 heteroatoms. The van der Waals surface area contributed by atoms with Crippen LogP contribution in [0.25, 0.3) is 0 Å². The maximum Gasteiger partial charge on any atom is 0.267 e. The van der Waals surface area contributed by atoms with Gasteiger partial charge in [-0.3, -0.25) is 19.7 Å². The van der Waals surface area contributed by atoms with Crippen molar-refractivity contribution in [2.75, 3.05) is 0 Å². The largest absolute Gasteiger partial charge is 0.462 e. The third-order valence-electron chi connectivity index (χ3n) is 2.32. The number of fused-ring (bicyclic) bond motifs is 2. The number of aliphatic imine (C=N–C) groups is 1. The zero-order valence-electron chi connectivity index (χ0n) is 8.20. The molecule has 3 heterocycles. The highest BCUT2D eigenvalue weighted by molar-refractivity contribution is 6.02. The molecule has 0 radical (unpaired) electrons. The molecule has 1 aromatic heterocycles. The predicted molar refractivity (Wildman–Crippen MR) is 56.7 cm³/mol. The number of carbonyl (C=O) groups is 1. The van der Waals surface area contributed by atoms with Crippen LogP contribution in [0.15, 0.2) is 47.8 Å². The van der Waals surface area contributed by atoms with Crippen molar-refractivity contribution in [3.63, 3.8) is 0 Å². The summed E-state index contributed by atoms with van der Waals surface area (Å²) in [7, 11) is 0. The van der Waals surface area contributed by atoms with Gasteiger partial charge in [0.1, 0.15) is 23.3 Å². The highest BCUT2D eigenvalue weighted by atomic mass is 16.5. The Balaban J connectivity index is 2.15. The van der Waals surface area contributed by atoms with Crippen LogP contribution in [0.3, 0.4) is 0 Å². The lowest BCUT2D eigenvalue weighted by atomic mass is 10.2. The molecule has 0 aromatic carbocycles. The van der Waals surface area contributed by atoms with Gasteiger partial charge in [0, 0.05) is 24.8 Å². The summed E-state index contributed by atoms with van der Waals surface area (Å²) >= 11 is 0. The minimum atomic E-state index is -0.172. The monoisotopic (exact) mass is 213 g/mol. The lowest BCUT2D eigenvalue weighted by Gasteiger charge is -2.17. The van der Waals surface area contributed by atoms with Crippen molar-refractivity contribution in [2.45, 2.75) is 0 Å². The van der Waals surface area contributed by atoms with Crippen LogP contribution in [0.4, 0.5) is 0 Å². The van der Waals surface area contributed by atoms with Crippen LogP contribution in [0, 0.1) is 0 Å². The van der Waals surface area contributed by atoms with Gasteiger partial charge in [0.05, 0.1) is 6.21 Å². The summed E-state index contributed by atoms with van der Waals surface area (Å²) in [6, 6.07) is 1.66. The van der Waals surface area contributed by atoms with E-state index in [-0.39, 0.29) is 5.91 Å². The first-order chi connectivity index (χ1) is 7.86. The Morgan fingerprint density at radius 1 is 1.38 bits per heavy atom. The van der Waals surface area contributed by atoms with Crippen molar-refractivity contribution in [1.29, 1.82) is 0 Å². The lowest BCUT2D eigenvalue weighted by molar-refractivity contribution is 0.0864. The normalized spacial score (nSPS) is 17.1. The van der Waals surface area contributed by atoms with E-state index in [2.05, 4.69) is 9.98 Å². The predicted octanol–water partition coefficient (Wildman–Crippen LogP) is 1.31. The van der Waals surface area contributed by atoms with E-state index in [1.807, 2.05) is 0 Å². The van der Waals surface area contributed by atoms with Gasteiger partial charge < -0.3 is 4.74 Å². The van der Waals surface area contributed by atoms with Crippen LogP contribution >= 0.6 is 0 Å². The number of ether oxygens (including phenoxy) is 1. The van der Waals surface area contributed by atoms with Crippen molar-refractivity contribution in [3.05, 3.63) is 48.4 Å². The fourth-order valence-corrected chi connectivity index (χ4v) is 1.54. The number of hydrogen-bond acceptors (Lipinski definition) is 4. The first-order valence-corrected chi connectivity index (χ1v) is 4.70. The Kier molecular flexibility index (Phi) is 1.83. The Morgan fingerprint density at radius 2 is 2.31 bits per heavy atom. The first kappa shape index (κ1) is 8.84. The lowest BCUT2D eigenvalue weighted by Crippen LogP contribution is -2.26. The van der Waals surface area contributed by atoms with Gasteiger partial charge in [-0.05, 0) is 6.07 Å². The van der Waals surface area contributed by atoms with Crippen LogP contribution in [0.1, 0.15) is 10.4 Å². The minimum absolute atomic E-state index is 0.172. The smallest absolute Gasteiger partial charge is 0.267 e. The molecule has 0 unspecified atom stereocenters. The molecule has 0 spiro atoms. The third-order valence-corrected chi connectivity index (χ3v) is 2.32. The number of allylic oxidation sites excluding steroid dienone is 1. The van der Waals surface area contributed by atoms with Crippen LogP contribution in [0.5, 0.6) is 5.75 Å². The Morgan fingerprint density at radius 3 is 3.25 bits per heavy atom. The van der Waals surface area contributed by atoms with E-state index >= 15 is 0 Å². The number of aromatic nitrogens is 1. The van der Waals surface area contributed by atoms with Gasteiger partial charge in [0.25, 0.3) is 5.91 Å². The number of nitrogens with zero attached hydrogens (tertiary/aromatic N) is 3. The topological polar surface area (TPSA) is 54.8 Å². The second-order valence-electron chi connectivity index (χ2n) is 3.28. The van der Waals surface area contributed by atoms with E-state index in [1.54, 1.807) is 30.9 Å². The molecule has 0 saturated carbocycles. The van der Waals surface area contributed by atoms with Crippen LogP contribution in [0.2, 0.25) is 0 Å². The molecule has 0 N–H and O–H groups in total. The quantitative estimate of drug-likeness (QED) is 0.653. The molecule has 0 saturated heterocycles. The van der Waals surface area contributed by atoms with Crippen molar-refractivity contribution in [2.24, 2.45) is 4.99 Å². The molecule has 0 bridgehead atoms. The number of hydrogen-bond donors (Lipinski definition) is 0. The second kappa shape index (κ2) is 3.30. The van der Waals surface area contributed by atoms with Crippen molar-refractivity contribution in [1.82, 2.24) is 9.88 Å². The molecule has 1 aromatic rings. The molecule has 0 atom stereocenters. The summed E-state index contributed by atoms with van der Waals surface area (Å²) in [5.41, 5.74) is 1.04. The van der Waals surface area contributed by atoms with Gasteiger partial charge in [-0.1, -0.05) is 0 Å². The summed E-state index contributed by atoms with van der Waals surface area (Å²) < 4.78 is 5.40. The van der Waals surface area contributed by atoms with E-state index < -0.39 is 0 Å². The summed E-state index contributed by atoms with van der Waals surface area (Å²) in [6.45, 7) is 0. The Hall–Kier alpha value is -2.43. The van der Waals surface area contributed by atoms with Crippen molar-refractivity contribution in [3.8, 4) is 5.75 Å². The van der Waals surface area contributed by atoms with Crippen LogP contribution in [-0.2, 0) is 0 Å². The fourth-order valence-electron chi connectivity index (χ4n) is 1.54. The molecular weight excluding hydrogens is 206 g/mol. The molecule has 1 amide bonds. The van der Waals surface area contributed by atoms with E-state index in [0.717, 1.165) is 0 Å². The molecule has 2 aliphatic rings. The highest BCUT2D eigenvalue weighted by Crippen LogP contribution is 2.25. The van der Waals surface area contributed by atoms with E-state index in [1.165, 1.54) is 17.4 Å². The fraction of sp³-hybridized carbons (Fsp3) is 0.